The van der Waals surface area contributed by atoms with Gasteiger partial charge < -0.3 is 10.2 Å². The van der Waals surface area contributed by atoms with Gasteiger partial charge >= 0.3 is 0 Å². The van der Waals surface area contributed by atoms with E-state index in [0.29, 0.717) is 17.9 Å². The van der Waals surface area contributed by atoms with Crippen LogP contribution < -0.4 is 10.2 Å². The van der Waals surface area contributed by atoms with Gasteiger partial charge in [-0.1, -0.05) is 0 Å². The average Bonchev–Trinajstić information content (AvgIpc) is 2.47. The van der Waals surface area contributed by atoms with E-state index in [1.807, 2.05) is 11.9 Å². The molecule has 0 aliphatic carbocycles. The van der Waals surface area contributed by atoms with E-state index in [2.05, 4.69) is 20.3 Å². The summed E-state index contributed by atoms with van der Waals surface area (Å²) in [4.78, 5) is 26.1. The van der Waals surface area contributed by atoms with Crippen molar-refractivity contribution in [3.8, 4) is 0 Å². The van der Waals surface area contributed by atoms with Gasteiger partial charge in [0.05, 0.1) is 24.0 Å². The summed E-state index contributed by atoms with van der Waals surface area (Å²) in [5.41, 5.74) is 1.36. The Bertz CT molecular complexity index is 558. The number of aromatic nitrogens is 3. The van der Waals surface area contributed by atoms with Gasteiger partial charge in [-0.3, -0.25) is 14.8 Å². The van der Waals surface area contributed by atoms with Crippen molar-refractivity contribution in [3.05, 3.63) is 48.2 Å². The van der Waals surface area contributed by atoms with Gasteiger partial charge in [0.1, 0.15) is 5.82 Å². The first-order valence-electron chi connectivity index (χ1n) is 5.85. The van der Waals surface area contributed by atoms with E-state index in [9.17, 15) is 4.79 Å². The van der Waals surface area contributed by atoms with Crippen LogP contribution in [0.4, 0.5) is 5.82 Å². The lowest BCUT2D eigenvalue weighted by Crippen LogP contribution is -2.25. The number of anilines is 1. The summed E-state index contributed by atoms with van der Waals surface area (Å²) >= 11 is 0. The molecule has 0 spiro atoms. The number of hydrogen-bond donors (Lipinski definition) is 1. The highest BCUT2D eigenvalue weighted by Crippen LogP contribution is 2.17. The predicted octanol–water partition coefficient (Wildman–Crippen LogP) is 0.868. The van der Waals surface area contributed by atoms with Gasteiger partial charge in [0, 0.05) is 32.7 Å². The van der Waals surface area contributed by atoms with Crippen molar-refractivity contribution >= 4 is 11.7 Å². The summed E-state index contributed by atoms with van der Waals surface area (Å²) in [6.07, 6.45) is 6.62. The number of amides is 1. The molecule has 1 N–H and O–H groups in total. The molecule has 0 aliphatic heterocycles. The molecule has 1 amide bonds. The number of nitrogens with one attached hydrogen (secondary N) is 1. The Hall–Kier alpha value is -2.50. The Morgan fingerprint density at radius 3 is 2.84 bits per heavy atom. The summed E-state index contributed by atoms with van der Waals surface area (Å²) in [6, 6.07) is 3.48. The Balaban J connectivity index is 2.24. The quantitative estimate of drug-likeness (QED) is 0.880. The summed E-state index contributed by atoms with van der Waals surface area (Å²) in [5.74, 6) is 0.460. The van der Waals surface area contributed by atoms with Crippen LogP contribution in [0, 0.1) is 0 Å². The third-order valence-corrected chi connectivity index (χ3v) is 2.64. The topological polar surface area (TPSA) is 71.0 Å². The molecule has 0 aromatic carbocycles. The maximum atomic E-state index is 11.8. The summed E-state index contributed by atoms with van der Waals surface area (Å²) < 4.78 is 0. The van der Waals surface area contributed by atoms with Gasteiger partial charge in [-0.2, -0.15) is 0 Å². The van der Waals surface area contributed by atoms with E-state index in [4.69, 9.17) is 0 Å². The van der Waals surface area contributed by atoms with Gasteiger partial charge in [-0.05, 0) is 12.1 Å². The normalized spacial score (nSPS) is 10.0. The lowest BCUT2D eigenvalue weighted by Gasteiger charge is -2.19. The van der Waals surface area contributed by atoms with E-state index in [1.165, 1.54) is 0 Å². The molecule has 0 aliphatic rings. The maximum Gasteiger partial charge on any atom is 0.254 e. The fraction of sp³-hybridized carbons (Fsp3) is 0.231. The van der Waals surface area contributed by atoms with E-state index in [1.54, 1.807) is 44.0 Å². The van der Waals surface area contributed by atoms with Gasteiger partial charge in [0.2, 0.25) is 0 Å². The van der Waals surface area contributed by atoms with Gasteiger partial charge in [0.15, 0.2) is 0 Å². The Morgan fingerprint density at radius 1 is 1.32 bits per heavy atom. The molecule has 98 valence electrons. The lowest BCUT2D eigenvalue weighted by atomic mass is 10.2. The van der Waals surface area contributed by atoms with Crippen LogP contribution in [-0.4, -0.2) is 35.0 Å². The van der Waals surface area contributed by atoms with Crippen molar-refractivity contribution in [2.75, 3.05) is 19.0 Å². The Morgan fingerprint density at radius 2 is 2.16 bits per heavy atom. The maximum absolute atomic E-state index is 11.8. The zero-order valence-electron chi connectivity index (χ0n) is 10.9. The molecule has 0 saturated carbocycles. The molecule has 2 rings (SSSR count). The van der Waals surface area contributed by atoms with Crippen LogP contribution in [0.25, 0.3) is 0 Å². The van der Waals surface area contributed by atoms with Crippen LogP contribution in [0.2, 0.25) is 0 Å². The first-order chi connectivity index (χ1) is 9.22. The van der Waals surface area contributed by atoms with Crippen LogP contribution in [-0.2, 0) is 6.54 Å². The fourth-order valence-corrected chi connectivity index (χ4v) is 1.74. The van der Waals surface area contributed by atoms with Crippen molar-refractivity contribution in [2.24, 2.45) is 0 Å². The summed E-state index contributed by atoms with van der Waals surface area (Å²) in [5, 5.41) is 2.61. The molecular formula is C13H15N5O. The second-order valence-electron chi connectivity index (χ2n) is 4.01. The molecule has 0 saturated heterocycles. The third-order valence-electron chi connectivity index (χ3n) is 2.64. The molecule has 19 heavy (non-hydrogen) atoms. The number of pyridine rings is 1. The highest BCUT2D eigenvalue weighted by molar-refractivity contribution is 5.98. The minimum absolute atomic E-state index is 0.158. The largest absolute Gasteiger partial charge is 0.355 e. The third kappa shape index (κ3) is 3.04. The number of hydrogen-bond acceptors (Lipinski definition) is 5. The number of nitrogens with zero attached hydrogens (tertiary/aromatic N) is 4. The van der Waals surface area contributed by atoms with Crippen molar-refractivity contribution in [1.82, 2.24) is 20.3 Å². The average molecular weight is 257 g/mol. The number of carbonyl (C=O) groups excluding carboxylic acids is 1. The zero-order chi connectivity index (χ0) is 13.7. The molecule has 0 atom stereocenters. The van der Waals surface area contributed by atoms with Crippen molar-refractivity contribution in [2.45, 2.75) is 6.54 Å². The molecule has 2 aromatic heterocycles. The molecule has 0 radical (unpaired) electrons. The molecule has 6 nitrogen and oxygen atoms in total. The molecule has 2 aromatic rings. The lowest BCUT2D eigenvalue weighted by molar-refractivity contribution is 0.0963. The molecule has 6 heteroatoms. The number of rotatable bonds is 4. The van der Waals surface area contributed by atoms with Crippen LogP contribution >= 0.6 is 0 Å². The molecule has 0 unspecified atom stereocenters. The smallest absolute Gasteiger partial charge is 0.254 e. The fourth-order valence-electron chi connectivity index (χ4n) is 1.74. The van der Waals surface area contributed by atoms with E-state index < -0.39 is 0 Å². The van der Waals surface area contributed by atoms with Crippen LogP contribution in [0.3, 0.4) is 0 Å². The van der Waals surface area contributed by atoms with E-state index in [-0.39, 0.29) is 5.91 Å². The van der Waals surface area contributed by atoms with Gasteiger partial charge in [-0.25, -0.2) is 4.98 Å². The predicted molar refractivity (Wildman–Crippen MR) is 71.8 cm³/mol. The van der Waals surface area contributed by atoms with Crippen molar-refractivity contribution < 1.29 is 4.79 Å². The molecule has 2 heterocycles. The van der Waals surface area contributed by atoms with Crippen LogP contribution in [0.15, 0.2) is 36.9 Å². The van der Waals surface area contributed by atoms with Crippen LogP contribution in [0.5, 0.6) is 0 Å². The van der Waals surface area contributed by atoms with Crippen molar-refractivity contribution in [3.63, 3.8) is 0 Å². The van der Waals surface area contributed by atoms with Gasteiger partial charge in [0.25, 0.3) is 5.91 Å². The summed E-state index contributed by atoms with van der Waals surface area (Å²) in [6.45, 7) is 0.537. The zero-order valence-corrected chi connectivity index (χ0v) is 10.9. The molecule has 0 fully saturated rings. The Kier molecular flexibility index (Phi) is 4.02. The SMILES string of the molecule is CNC(=O)c1cccnc1N(C)Cc1cnccn1. The second kappa shape index (κ2) is 5.90. The second-order valence-corrected chi connectivity index (χ2v) is 4.01. The Labute approximate surface area is 111 Å². The molecule has 0 bridgehead atoms. The van der Waals surface area contributed by atoms with E-state index in [0.717, 1.165) is 5.69 Å². The summed E-state index contributed by atoms with van der Waals surface area (Å²) in [7, 11) is 3.46. The first kappa shape index (κ1) is 12.9. The first-order valence-corrected chi connectivity index (χ1v) is 5.85. The van der Waals surface area contributed by atoms with E-state index >= 15 is 0 Å². The highest BCUT2D eigenvalue weighted by atomic mass is 16.1. The monoisotopic (exact) mass is 257 g/mol. The molecular weight excluding hydrogens is 242 g/mol. The van der Waals surface area contributed by atoms with Gasteiger partial charge in [-0.15, -0.1) is 0 Å². The van der Waals surface area contributed by atoms with Crippen molar-refractivity contribution in [1.29, 1.82) is 0 Å². The minimum Gasteiger partial charge on any atom is -0.355 e. The van der Waals surface area contributed by atoms with Crippen LogP contribution in [0.1, 0.15) is 16.1 Å². The minimum atomic E-state index is -0.158. The standard InChI is InChI=1S/C13H15N5O/c1-14-13(19)11-4-3-5-17-12(11)18(2)9-10-8-15-6-7-16-10/h3-8H,9H2,1-2H3,(H,14,19). The number of carbonyl (C=O) groups is 1. The highest BCUT2D eigenvalue weighted by Gasteiger charge is 2.14.